The van der Waals surface area contributed by atoms with Gasteiger partial charge in [-0.25, -0.2) is 4.98 Å². The minimum atomic E-state index is 0.617. The van der Waals surface area contributed by atoms with E-state index in [2.05, 4.69) is 60.9 Å². The third-order valence-electron chi connectivity index (χ3n) is 5.64. The van der Waals surface area contributed by atoms with Crippen LogP contribution in [0.25, 0.3) is 11.0 Å². The fraction of sp³-hybridized carbons (Fsp3) is 0.458. The lowest BCUT2D eigenvalue weighted by molar-refractivity contribution is 0.299. The van der Waals surface area contributed by atoms with Crippen LogP contribution in [0.15, 0.2) is 42.5 Å². The second-order valence-electron chi connectivity index (χ2n) is 7.97. The number of ether oxygens (including phenoxy) is 1. The van der Waals surface area contributed by atoms with Gasteiger partial charge in [0.15, 0.2) is 0 Å². The monoisotopic (exact) mass is 362 g/mol. The van der Waals surface area contributed by atoms with Gasteiger partial charge in [0.1, 0.15) is 11.6 Å². The fourth-order valence-electron chi connectivity index (χ4n) is 4.43. The van der Waals surface area contributed by atoms with E-state index >= 15 is 0 Å². The van der Waals surface area contributed by atoms with E-state index in [1.54, 1.807) is 0 Å². The van der Waals surface area contributed by atoms with Crippen LogP contribution in [0.4, 0.5) is 0 Å². The largest absolute Gasteiger partial charge is 0.494 e. The zero-order valence-corrected chi connectivity index (χ0v) is 16.6. The van der Waals surface area contributed by atoms with Crippen LogP contribution in [0.3, 0.4) is 0 Å². The molecule has 0 spiro atoms. The zero-order valence-electron chi connectivity index (χ0n) is 16.6. The molecule has 142 valence electrons. The van der Waals surface area contributed by atoms with E-state index in [9.17, 15) is 0 Å². The van der Waals surface area contributed by atoms with Crippen LogP contribution in [-0.2, 0) is 6.54 Å². The second-order valence-corrected chi connectivity index (χ2v) is 7.97. The van der Waals surface area contributed by atoms with Gasteiger partial charge in [0.05, 0.1) is 17.6 Å². The molecule has 1 aliphatic rings. The lowest BCUT2D eigenvalue weighted by Gasteiger charge is -2.22. The van der Waals surface area contributed by atoms with Crippen molar-refractivity contribution in [2.24, 2.45) is 0 Å². The van der Waals surface area contributed by atoms with Crippen molar-refractivity contribution in [3.8, 4) is 5.75 Å². The van der Waals surface area contributed by atoms with Gasteiger partial charge in [-0.3, -0.25) is 0 Å². The SMILES string of the molecule is Cc1cc(C)cc(OCCCn2c(C3CCCCC3)nc3ccccc32)c1. The highest BCUT2D eigenvalue weighted by molar-refractivity contribution is 5.76. The van der Waals surface area contributed by atoms with Gasteiger partial charge in [0.25, 0.3) is 0 Å². The van der Waals surface area contributed by atoms with Crippen molar-refractivity contribution >= 4 is 11.0 Å². The Hall–Kier alpha value is -2.29. The van der Waals surface area contributed by atoms with Crippen LogP contribution < -0.4 is 4.74 Å². The molecule has 1 heterocycles. The standard InChI is InChI=1S/C24H30N2O/c1-18-15-19(2)17-21(16-18)27-14-8-13-26-23-12-7-6-11-22(23)25-24(26)20-9-4-3-5-10-20/h6-7,11-12,15-17,20H,3-5,8-10,13-14H2,1-2H3. The van der Waals surface area contributed by atoms with Crippen LogP contribution in [0.2, 0.25) is 0 Å². The molecule has 0 amide bonds. The van der Waals surface area contributed by atoms with Crippen molar-refractivity contribution in [2.45, 2.75) is 64.8 Å². The molecule has 3 aromatic rings. The van der Waals surface area contributed by atoms with Gasteiger partial charge in [-0.1, -0.05) is 37.5 Å². The first kappa shape index (κ1) is 18.1. The van der Waals surface area contributed by atoms with E-state index in [1.807, 2.05) is 0 Å². The Morgan fingerprint density at radius 1 is 1.00 bits per heavy atom. The maximum Gasteiger partial charge on any atom is 0.119 e. The third-order valence-corrected chi connectivity index (χ3v) is 5.64. The number of hydrogen-bond donors (Lipinski definition) is 0. The summed E-state index contributed by atoms with van der Waals surface area (Å²) in [6, 6.07) is 15.0. The average molecular weight is 363 g/mol. The van der Waals surface area contributed by atoms with E-state index in [4.69, 9.17) is 9.72 Å². The van der Waals surface area contributed by atoms with Crippen molar-refractivity contribution in [1.29, 1.82) is 0 Å². The molecule has 0 unspecified atom stereocenters. The van der Waals surface area contributed by atoms with Crippen LogP contribution in [0.1, 0.15) is 61.4 Å². The van der Waals surface area contributed by atoms with E-state index < -0.39 is 0 Å². The van der Waals surface area contributed by atoms with Crippen LogP contribution in [0, 0.1) is 13.8 Å². The lowest BCUT2D eigenvalue weighted by atomic mass is 9.88. The summed E-state index contributed by atoms with van der Waals surface area (Å²) in [4.78, 5) is 5.02. The topological polar surface area (TPSA) is 27.1 Å². The van der Waals surface area contributed by atoms with Crippen molar-refractivity contribution in [3.05, 3.63) is 59.4 Å². The normalized spacial score (nSPS) is 15.3. The molecule has 0 saturated heterocycles. The van der Waals surface area contributed by atoms with Gasteiger partial charge in [-0.15, -0.1) is 0 Å². The molecule has 1 fully saturated rings. The van der Waals surface area contributed by atoms with E-state index in [1.165, 1.54) is 54.6 Å². The predicted octanol–water partition coefficient (Wildman–Crippen LogP) is 6.17. The quantitative estimate of drug-likeness (QED) is 0.490. The minimum absolute atomic E-state index is 0.617. The number of rotatable bonds is 6. The second kappa shape index (κ2) is 8.16. The highest BCUT2D eigenvalue weighted by Crippen LogP contribution is 2.34. The van der Waals surface area contributed by atoms with Crippen LogP contribution >= 0.6 is 0 Å². The summed E-state index contributed by atoms with van der Waals surface area (Å²) in [6.07, 6.45) is 7.60. The van der Waals surface area contributed by atoms with Crippen LogP contribution in [0.5, 0.6) is 5.75 Å². The fourth-order valence-corrected chi connectivity index (χ4v) is 4.43. The molecule has 2 aromatic carbocycles. The summed E-state index contributed by atoms with van der Waals surface area (Å²) in [5.74, 6) is 2.89. The Kier molecular flexibility index (Phi) is 5.47. The first-order valence-electron chi connectivity index (χ1n) is 10.4. The number of imidazole rings is 1. The minimum Gasteiger partial charge on any atom is -0.494 e. The van der Waals surface area contributed by atoms with Crippen molar-refractivity contribution < 1.29 is 4.74 Å². The number of benzene rings is 2. The molecular weight excluding hydrogens is 332 g/mol. The van der Waals surface area contributed by atoms with Crippen LogP contribution in [-0.4, -0.2) is 16.2 Å². The van der Waals surface area contributed by atoms with E-state index in [-0.39, 0.29) is 0 Å². The summed E-state index contributed by atoms with van der Waals surface area (Å²) >= 11 is 0. The molecule has 0 N–H and O–H groups in total. The molecule has 0 atom stereocenters. The Bertz CT molecular complexity index is 886. The zero-order chi connectivity index (χ0) is 18.6. The molecule has 3 nitrogen and oxygen atoms in total. The molecule has 0 bridgehead atoms. The van der Waals surface area contributed by atoms with E-state index in [0.29, 0.717) is 5.92 Å². The smallest absolute Gasteiger partial charge is 0.119 e. The van der Waals surface area contributed by atoms with Gasteiger partial charge in [0, 0.05) is 12.5 Å². The van der Waals surface area contributed by atoms with Crippen molar-refractivity contribution in [3.63, 3.8) is 0 Å². The summed E-state index contributed by atoms with van der Waals surface area (Å²) in [7, 11) is 0. The van der Waals surface area contributed by atoms with Gasteiger partial charge in [0.2, 0.25) is 0 Å². The Labute approximate surface area is 162 Å². The Morgan fingerprint density at radius 3 is 2.52 bits per heavy atom. The summed E-state index contributed by atoms with van der Waals surface area (Å²) in [5, 5.41) is 0. The number of fused-ring (bicyclic) bond motifs is 1. The Morgan fingerprint density at radius 2 is 1.74 bits per heavy atom. The molecule has 1 aromatic heterocycles. The first-order chi connectivity index (χ1) is 13.2. The first-order valence-corrected chi connectivity index (χ1v) is 10.4. The number of aryl methyl sites for hydroxylation is 3. The highest BCUT2D eigenvalue weighted by atomic mass is 16.5. The molecule has 4 rings (SSSR count). The number of aromatic nitrogens is 2. The maximum absolute atomic E-state index is 6.03. The molecular formula is C24H30N2O. The summed E-state index contributed by atoms with van der Waals surface area (Å²) in [6.45, 7) is 5.94. The Balaban J connectivity index is 1.47. The number of para-hydroxylation sites is 2. The van der Waals surface area contributed by atoms with Gasteiger partial charge >= 0.3 is 0 Å². The highest BCUT2D eigenvalue weighted by Gasteiger charge is 2.22. The number of nitrogens with zero attached hydrogens (tertiary/aromatic N) is 2. The molecule has 1 saturated carbocycles. The van der Waals surface area contributed by atoms with E-state index in [0.717, 1.165) is 30.8 Å². The van der Waals surface area contributed by atoms with Gasteiger partial charge < -0.3 is 9.30 Å². The van der Waals surface area contributed by atoms with Crippen molar-refractivity contribution in [2.75, 3.05) is 6.61 Å². The number of hydrogen-bond acceptors (Lipinski definition) is 2. The molecule has 1 aliphatic carbocycles. The third kappa shape index (κ3) is 4.18. The molecule has 0 radical (unpaired) electrons. The maximum atomic E-state index is 6.03. The van der Waals surface area contributed by atoms with Gasteiger partial charge in [-0.2, -0.15) is 0 Å². The lowest BCUT2D eigenvalue weighted by Crippen LogP contribution is -2.13. The predicted molar refractivity (Wildman–Crippen MR) is 112 cm³/mol. The summed E-state index contributed by atoms with van der Waals surface area (Å²) in [5.41, 5.74) is 4.91. The molecule has 27 heavy (non-hydrogen) atoms. The molecule has 3 heteroatoms. The van der Waals surface area contributed by atoms with Gasteiger partial charge in [-0.05, 0) is 68.5 Å². The average Bonchev–Trinajstić information content (AvgIpc) is 3.04. The van der Waals surface area contributed by atoms with Crippen molar-refractivity contribution in [1.82, 2.24) is 9.55 Å². The molecule has 0 aliphatic heterocycles. The summed E-state index contributed by atoms with van der Waals surface area (Å²) < 4.78 is 8.48.